The highest BCUT2D eigenvalue weighted by Gasteiger charge is 2.10. The Morgan fingerprint density at radius 1 is 1.33 bits per heavy atom. The summed E-state index contributed by atoms with van der Waals surface area (Å²) in [6.45, 7) is 4.01. The van der Waals surface area contributed by atoms with Crippen molar-refractivity contribution in [1.29, 1.82) is 0 Å². The Labute approximate surface area is 89.1 Å². The molecule has 0 aliphatic rings. The number of aldehydes is 1. The van der Waals surface area contributed by atoms with E-state index >= 15 is 0 Å². The lowest BCUT2D eigenvalue weighted by atomic mass is 9.98. The van der Waals surface area contributed by atoms with Crippen molar-refractivity contribution in [3.05, 3.63) is 34.9 Å². The maximum atomic E-state index is 11.3. The fourth-order valence-corrected chi connectivity index (χ4v) is 1.31. The average molecular weight is 206 g/mol. The number of methoxy groups -OCH3 is 1. The molecule has 0 N–H and O–H groups in total. The van der Waals surface area contributed by atoms with Crippen molar-refractivity contribution >= 4 is 12.3 Å². The standard InChI is InChI=1S/C12H14O3/c1-8(2)10-4-9(7-13)5-11(6-10)12(14)15-3/h4-8H,1-3H3. The molecule has 80 valence electrons. The Hall–Kier alpha value is -1.64. The zero-order valence-corrected chi connectivity index (χ0v) is 9.11. The van der Waals surface area contributed by atoms with E-state index in [-0.39, 0.29) is 5.92 Å². The molecular weight excluding hydrogens is 192 g/mol. The third kappa shape index (κ3) is 2.65. The Bertz CT molecular complexity index is 380. The predicted octanol–water partition coefficient (Wildman–Crippen LogP) is 2.41. The average Bonchev–Trinajstić information content (AvgIpc) is 2.27. The van der Waals surface area contributed by atoms with Gasteiger partial charge in [0.05, 0.1) is 12.7 Å². The number of rotatable bonds is 3. The molecule has 0 aliphatic heterocycles. The van der Waals surface area contributed by atoms with Crippen LogP contribution in [0.3, 0.4) is 0 Å². The summed E-state index contributed by atoms with van der Waals surface area (Å²) < 4.78 is 4.62. The van der Waals surface area contributed by atoms with Crippen LogP contribution in [-0.4, -0.2) is 19.4 Å². The number of hydrogen-bond acceptors (Lipinski definition) is 3. The molecule has 0 saturated heterocycles. The van der Waals surface area contributed by atoms with Crippen molar-refractivity contribution in [2.75, 3.05) is 7.11 Å². The molecule has 0 aromatic heterocycles. The topological polar surface area (TPSA) is 43.4 Å². The summed E-state index contributed by atoms with van der Waals surface area (Å²) in [7, 11) is 1.32. The molecule has 0 spiro atoms. The lowest BCUT2D eigenvalue weighted by Gasteiger charge is -2.08. The van der Waals surface area contributed by atoms with Gasteiger partial charge < -0.3 is 4.74 Å². The maximum absolute atomic E-state index is 11.3. The summed E-state index contributed by atoms with van der Waals surface area (Å²) in [6, 6.07) is 5.07. The van der Waals surface area contributed by atoms with E-state index in [0.717, 1.165) is 11.8 Å². The molecule has 1 rings (SSSR count). The first-order valence-electron chi connectivity index (χ1n) is 4.77. The van der Waals surface area contributed by atoms with Gasteiger partial charge in [-0.2, -0.15) is 0 Å². The van der Waals surface area contributed by atoms with Crippen molar-refractivity contribution in [3.63, 3.8) is 0 Å². The smallest absolute Gasteiger partial charge is 0.337 e. The summed E-state index contributed by atoms with van der Waals surface area (Å²) in [6.07, 6.45) is 0.734. The van der Waals surface area contributed by atoms with Crippen LogP contribution in [0.25, 0.3) is 0 Å². The molecule has 3 nitrogen and oxygen atoms in total. The van der Waals surface area contributed by atoms with Crippen LogP contribution in [-0.2, 0) is 4.74 Å². The Balaban J connectivity index is 3.22. The van der Waals surface area contributed by atoms with Crippen LogP contribution in [0.1, 0.15) is 46.0 Å². The second-order valence-electron chi connectivity index (χ2n) is 3.65. The third-order valence-electron chi connectivity index (χ3n) is 2.20. The molecular formula is C12H14O3. The Kier molecular flexibility index (Phi) is 3.61. The van der Waals surface area contributed by atoms with Crippen LogP contribution in [0, 0.1) is 0 Å². The molecule has 0 unspecified atom stereocenters. The van der Waals surface area contributed by atoms with E-state index in [1.165, 1.54) is 13.2 Å². The molecule has 3 heteroatoms. The lowest BCUT2D eigenvalue weighted by molar-refractivity contribution is 0.0600. The molecule has 0 saturated carbocycles. The highest BCUT2D eigenvalue weighted by molar-refractivity contribution is 5.92. The van der Waals surface area contributed by atoms with Crippen molar-refractivity contribution in [2.24, 2.45) is 0 Å². The second kappa shape index (κ2) is 4.73. The van der Waals surface area contributed by atoms with E-state index in [2.05, 4.69) is 4.74 Å². The summed E-state index contributed by atoms with van der Waals surface area (Å²) in [5, 5.41) is 0. The number of carbonyl (C=O) groups excluding carboxylic acids is 2. The van der Waals surface area contributed by atoms with Gasteiger partial charge in [0.2, 0.25) is 0 Å². The quantitative estimate of drug-likeness (QED) is 0.563. The summed E-state index contributed by atoms with van der Waals surface area (Å²) in [5.41, 5.74) is 1.88. The van der Waals surface area contributed by atoms with Gasteiger partial charge in [-0.05, 0) is 29.7 Å². The van der Waals surface area contributed by atoms with E-state index in [1.54, 1.807) is 12.1 Å². The zero-order valence-electron chi connectivity index (χ0n) is 9.11. The minimum absolute atomic E-state index is 0.272. The maximum Gasteiger partial charge on any atom is 0.337 e. The van der Waals surface area contributed by atoms with Gasteiger partial charge in [0, 0.05) is 5.56 Å². The number of ether oxygens (including phenoxy) is 1. The van der Waals surface area contributed by atoms with E-state index < -0.39 is 5.97 Å². The van der Waals surface area contributed by atoms with Gasteiger partial charge >= 0.3 is 5.97 Å². The van der Waals surface area contributed by atoms with Crippen LogP contribution >= 0.6 is 0 Å². The van der Waals surface area contributed by atoms with E-state index in [1.807, 2.05) is 13.8 Å². The molecule has 1 aromatic rings. The second-order valence-corrected chi connectivity index (χ2v) is 3.65. The Morgan fingerprint density at radius 2 is 2.00 bits per heavy atom. The normalized spacial score (nSPS) is 10.1. The number of esters is 1. The van der Waals surface area contributed by atoms with Gasteiger partial charge in [-0.3, -0.25) is 4.79 Å². The SMILES string of the molecule is COC(=O)c1cc(C=O)cc(C(C)C)c1. The number of carbonyl (C=O) groups is 2. The molecule has 0 atom stereocenters. The molecule has 0 heterocycles. The van der Waals surface area contributed by atoms with Gasteiger partial charge in [0.15, 0.2) is 0 Å². The van der Waals surface area contributed by atoms with Gasteiger partial charge in [-0.15, -0.1) is 0 Å². The van der Waals surface area contributed by atoms with Crippen molar-refractivity contribution in [3.8, 4) is 0 Å². The van der Waals surface area contributed by atoms with Gasteiger partial charge in [-0.1, -0.05) is 13.8 Å². The minimum Gasteiger partial charge on any atom is -0.465 e. The number of benzene rings is 1. The lowest BCUT2D eigenvalue weighted by Crippen LogP contribution is -2.04. The summed E-state index contributed by atoms with van der Waals surface area (Å²) >= 11 is 0. The van der Waals surface area contributed by atoms with Crippen molar-refractivity contribution in [1.82, 2.24) is 0 Å². The molecule has 0 fully saturated rings. The first-order chi connectivity index (χ1) is 7.08. The van der Waals surface area contributed by atoms with Gasteiger partial charge in [-0.25, -0.2) is 4.79 Å². The first kappa shape index (κ1) is 11.4. The van der Waals surface area contributed by atoms with Crippen molar-refractivity contribution in [2.45, 2.75) is 19.8 Å². The summed E-state index contributed by atoms with van der Waals surface area (Å²) in [5.74, 6) is -0.145. The van der Waals surface area contributed by atoms with Gasteiger partial charge in [0.1, 0.15) is 6.29 Å². The van der Waals surface area contributed by atoms with Crippen LogP contribution in [0.15, 0.2) is 18.2 Å². The van der Waals surface area contributed by atoms with Crippen LogP contribution < -0.4 is 0 Å². The largest absolute Gasteiger partial charge is 0.465 e. The van der Waals surface area contributed by atoms with E-state index in [0.29, 0.717) is 11.1 Å². The molecule has 0 aliphatic carbocycles. The summed E-state index contributed by atoms with van der Waals surface area (Å²) in [4.78, 5) is 22.0. The van der Waals surface area contributed by atoms with E-state index in [9.17, 15) is 9.59 Å². The first-order valence-corrected chi connectivity index (χ1v) is 4.77. The van der Waals surface area contributed by atoms with Crippen LogP contribution in [0.5, 0.6) is 0 Å². The highest BCUT2D eigenvalue weighted by atomic mass is 16.5. The van der Waals surface area contributed by atoms with Crippen molar-refractivity contribution < 1.29 is 14.3 Å². The van der Waals surface area contributed by atoms with Crippen LogP contribution in [0.4, 0.5) is 0 Å². The fourth-order valence-electron chi connectivity index (χ4n) is 1.31. The van der Waals surface area contributed by atoms with Gasteiger partial charge in [0.25, 0.3) is 0 Å². The minimum atomic E-state index is -0.416. The van der Waals surface area contributed by atoms with Crippen LogP contribution in [0.2, 0.25) is 0 Å². The Morgan fingerprint density at radius 3 is 2.47 bits per heavy atom. The highest BCUT2D eigenvalue weighted by Crippen LogP contribution is 2.18. The number of hydrogen-bond donors (Lipinski definition) is 0. The molecule has 0 radical (unpaired) electrons. The fraction of sp³-hybridized carbons (Fsp3) is 0.333. The predicted molar refractivity (Wildman–Crippen MR) is 57.3 cm³/mol. The molecule has 0 bridgehead atoms. The molecule has 15 heavy (non-hydrogen) atoms. The third-order valence-corrected chi connectivity index (χ3v) is 2.20. The zero-order chi connectivity index (χ0) is 11.4. The molecule has 1 aromatic carbocycles. The molecule has 0 amide bonds. The van der Waals surface area contributed by atoms with E-state index in [4.69, 9.17) is 0 Å². The monoisotopic (exact) mass is 206 g/mol.